The summed E-state index contributed by atoms with van der Waals surface area (Å²) < 4.78 is 61.1. The number of benzene rings is 2. The number of hydrogen-bond donors (Lipinski definition) is 4. The van der Waals surface area contributed by atoms with Gasteiger partial charge >= 0.3 is 6.61 Å². The summed E-state index contributed by atoms with van der Waals surface area (Å²) in [6, 6.07) is 7.03. The number of imidazole rings is 1. The van der Waals surface area contributed by atoms with Crippen molar-refractivity contribution < 1.29 is 46.3 Å². The van der Waals surface area contributed by atoms with E-state index >= 15 is 0 Å². The fraction of sp³-hybridized carbons (Fsp3) is 0.432. The van der Waals surface area contributed by atoms with Crippen LogP contribution in [0, 0.1) is 23.5 Å². The second-order valence-corrected chi connectivity index (χ2v) is 13.8. The molecule has 1 unspecified atom stereocenters. The van der Waals surface area contributed by atoms with Gasteiger partial charge in [-0.2, -0.15) is 13.2 Å². The zero-order chi connectivity index (χ0) is 39.0. The van der Waals surface area contributed by atoms with E-state index in [0.717, 1.165) is 73.7 Å². The molecule has 4 aromatic rings. The summed E-state index contributed by atoms with van der Waals surface area (Å²) in [7, 11) is 2.29. The van der Waals surface area contributed by atoms with Gasteiger partial charge in [-0.05, 0) is 49.2 Å². The van der Waals surface area contributed by atoms with Gasteiger partial charge in [-0.1, -0.05) is 6.92 Å². The molecule has 2 aliphatic heterocycles. The number of piperidine rings is 1. The van der Waals surface area contributed by atoms with Gasteiger partial charge in [-0.3, -0.25) is 14.0 Å². The van der Waals surface area contributed by atoms with Crippen molar-refractivity contribution in [1.82, 2.24) is 30.3 Å². The number of anilines is 2. The van der Waals surface area contributed by atoms with Crippen molar-refractivity contribution >= 4 is 35.4 Å². The molecule has 290 valence electrons. The number of halogens is 4. The second-order valence-electron chi connectivity index (χ2n) is 13.8. The largest absolute Gasteiger partial charge is 0.554 e. The Balaban J connectivity index is 0.00000181. The third kappa shape index (κ3) is 9.43. The summed E-state index contributed by atoms with van der Waals surface area (Å²) in [5, 5.41) is 20.8. The fourth-order valence-electron chi connectivity index (χ4n) is 6.93. The number of carbonyl (C=O) groups is 3. The number of likely N-dealkylation sites (tertiary alicyclic amines) is 1. The molecule has 2 saturated heterocycles. The number of carboxylic acid groups (broad SMARTS) is 1. The Morgan fingerprint density at radius 2 is 1.85 bits per heavy atom. The van der Waals surface area contributed by atoms with Gasteiger partial charge in [0.2, 0.25) is 11.7 Å². The van der Waals surface area contributed by atoms with Crippen LogP contribution in [0.25, 0.3) is 16.9 Å². The number of fused-ring (bicyclic) bond motifs is 1. The Morgan fingerprint density at radius 3 is 2.50 bits per heavy atom. The Bertz CT molecular complexity index is 1950. The molecule has 2 aromatic carbocycles. The second kappa shape index (κ2) is 17.7. The Kier molecular flexibility index (Phi) is 13.1. The predicted octanol–water partition coefficient (Wildman–Crippen LogP) is 3.26. The summed E-state index contributed by atoms with van der Waals surface area (Å²) in [4.78, 5) is 43.2. The molecular weight excluding hydrogens is 712 g/mol. The normalized spacial score (nSPS) is 18.9. The first-order valence-electron chi connectivity index (χ1n) is 17.7. The minimum absolute atomic E-state index is 0.00913. The number of ether oxygens (including phenoxy) is 1. The highest BCUT2D eigenvalue weighted by Crippen LogP contribution is 2.32. The maximum atomic E-state index is 14.9. The van der Waals surface area contributed by atoms with Crippen LogP contribution in [0.15, 0.2) is 48.9 Å². The molecular formula is C37H44F4N8O5. The number of alkyl halides is 2. The van der Waals surface area contributed by atoms with Crippen molar-refractivity contribution in [2.75, 3.05) is 51.6 Å². The standard InChI is InChI=1S/C36H42F4N8O3.CH2O2/c1-4-23-15-25(46-32-33-43-19-28(47(33)12-11-42-32)27-7-8-29(51-36(39)40)31(38)30(27)37)5-6-26(23)35(50)45-21(2)16-44-34(49)24-9-13-48(3,14-10-24)20-22-17-41-18-22;2-1-3/h5-8,11-12,15,19,21-22,24,36,41H,4,9-10,13-14,16-18,20H2,1-3H3,(H2-,42,44,45,46,49,50);1H,(H,2,3). The fourth-order valence-corrected chi connectivity index (χ4v) is 6.93. The van der Waals surface area contributed by atoms with E-state index in [1.54, 1.807) is 12.1 Å². The Hall–Kier alpha value is -5.29. The average molecular weight is 757 g/mol. The van der Waals surface area contributed by atoms with Crippen molar-refractivity contribution in [2.24, 2.45) is 11.8 Å². The monoisotopic (exact) mass is 756 g/mol. The first kappa shape index (κ1) is 39.9. The number of rotatable bonds is 13. The zero-order valence-electron chi connectivity index (χ0n) is 30.2. The third-order valence-electron chi connectivity index (χ3n) is 9.89. The number of aromatic nitrogens is 3. The van der Waals surface area contributed by atoms with Crippen LogP contribution in [-0.2, 0) is 16.0 Å². The van der Waals surface area contributed by atoms with Gasteiger partial charge in [0.05, 0.1) is 38.6 Å². The molecule has 4 N–H and O–H groups in total. The van der Waals surface area contributed by atoms with E-state index in [0.29, 0.717) is 35.7 Å². The van der Waals surface area contributed by atoms with Crippen LogP contribution in [0.3, 0.4) is 0 Å². The highest BCUT2D eigenvalue weighted by molar-refractivity contribution is 5.96. The minimum atomic E-state index is -3.30. The average Bonchev–Trinajstić information content (AvgIpc) is 3.56. The van der Waals surface area contributed by atoms with Gasteiger partial charge in [-0.25, -0.2) is 14.4 Å². The number of quaternary nitrogens is 1. The Labute approximate surface area is 309 Å². The molecule has 2 amide bonds. The number of aryl methyl sites for hydroxylation is 1. The van der Waals surface area contributed by atoms with Crippen molar-refractivity contribution in [1.29, 1.82) is 0 Å². The molecule has 6 rings (SSSR count). The lowest BCUT2D eigenvalue weighted by Gasteiger charge is -2.44. The van der Waals surface area contributed by atoms with E-state index in [2.05, 4.69) is 43.0 Å². The van der Waals surface area contributed by atoms with Crippen molar-refractivity contribution in [3.05, 3.63) is 71.7 Å². The van der Waals surface area contributed by atoms with Crippen LogP contribution >= 0.6 is 0 Å². The molecule has 0 saturated carbocycles. The lowest BCUT2D eigenvalue weighted by Crippen LogP contribution is -2.58. The smallest absolute Gasteiger partial charge is 0.387 e. The van der Waals surface area contributed by atoms with Crippen LogP contribution in [0.1, 0.15) is 42.6 Å². The first-order chi connectivity index (χ1) is 25.9. The Morgan fingerprint density at radius 1 is 1.13 bits per heavy atom. The van der Waals surface area contributed by atoms with E-state index < -0.39 is 30.5 Å². The maximum absolute atomic E-state index is 14.9. The number of nitrogens with zero attached hydrogens (tertiary/aromatic N) is 4. The van der Waals surface area contributed by atoms with Gasteiger partial charge in [0.25, 0.3) is 5.91 Å². The zero-order valence-corrected chi connectivity index (χ0v) is 30.2. The summed E-state index contributed by atoms with van der Waals surface area (Å²) in [5.41, 5.74) is 2.15. The summed E-state index contributed by atoms with van der Waals surface area (Å²) in [5.74, 6) is -2.98. The quantitative estimate of drug-likeness (QED) is 0.0912. The van der Waals surface area contributed by atoms with Crippen LogP contribution < -0.4 is 31.1 Å². The first-order valence-corrected chi connectivity index (χ1v) is 17.7. The van der Waals surface area contributed by atoms with Crippen molar-refractivity contribution in [3.63, 3.8) is 0 Å². The molecule has 2 fully saturated rings. The summed E-state index contributed by atoms with van der Waals surface area (Å²) in [6.45, 7) is 5.65. The number of amides is 2. The summed E-state index contributed by atoms with van der Waals surface area (Å²) >= 11 is 0. The van der Waals surface area contributed by atoms with Crippen molar-refractivity contribution in [2.45, 2.75) is 45.8 Å². The predicted molar refractivity (Wildman–Crippen MR) is 190 cm³/mol. The molecule has 2 aromatic heterocycles. The highest BCUT2D eigenvalue weighted by Gasteiger charge is 2.36. The van der Waals surface area contributed by atoms with Crippen LogP contribution in [0.2, 0.25) is 0 Å². The third-order valence-corrected chi connectivity index (χ3v) is 9.89. The van der Waals surface area contributed by atoms with Crippen LogP contribution in [0.4, 0.5) is 29.1 Å². The molecule has 13 nitrogen and oxygen atoms in total. The molecule has 1 atom stereocenters. The van der Waals surface area contributed by atoms with Crippen LogP contribution in [0.5, 0.6) is 5.75 Å². The number of carbonyl (C=O) groups excluding carboxylic acids is 3. The van der Waals surface area contributed by atoms with Crippen LogP contribution in [-0.4, -0.2) is 96.1 Å². The van der Waals surface area contributed by atoms with E-state index in [-0.39, 0.29) is 35.0 Å². The molecule has 0 spiro atoms. The van der Waals surface area contributed by atoms with Gasteiger partial charge in [0.15, 0.2) is 23.0 Å². The lowest BCUT2D eigenvalue weighted by molar-refractivity contribution is -0.918. The lowest BCUT2D eigenvalue weighted by atomic mass is 9.92. The van der Waals surface area contributed by atoms with Gasteiger partial charge < -0.3 is 40.4 Å². The van der Waals surface area contributed by atoms with E-state index in [4.69, 9.17) is 9.90 Å². The van der Waals surface area contributed by atoms with E-state index in [9.17, 15) is 27.2 Å². The number of hydrogen-bond acceptors (Lipinski definition) is 9. The van der Waals surface area contributed by atoms with Gasteiger partial charge in [-0.15, -0.1) is 0 Å². The molecule has 0 aliphatic carbocycles. The molecule has 2 aliphatic rings. The van der Waals surface area contributed by atoms with Gasteiger partial charge in [0.1, 0.15) is 0 Å². The SMILES string of the molecule is CCc1cc(Nc2nccn3c(-c4ccc(OC(F)F)c(F)c4F)cnc23)ccc1C(=O)NC(C)CNC(=O)C1CC[N+](C)(CC2CNC2)CC1.O=C[O-]. The molecule has 17 heteroatoms. The van der Waals surface area contributed by atoms with E-state index in [1.807, 2.05) is 19.9 Å². The molecule has 4 heterocycles. The van der Waals surface area contributed by atoms with E-state index in [1.165, 1.54) is 23.0 Å². The molecule has 0 radical (unpaired) electrons. The highest BCUT2D eigenvalue weighted by atomic mass is 19.3. The van der Waals surface area contributed by atoms with Crippen molar-refractivity contribution in [3.8, 4) is 17.0 Å². The summed E-state index contributed by atoms with van der Waals surface area (Å²) in [6.07, 6.45) is 6.57. The minimum Gasteiger partial charge on any atom is -0.554 e. The van der Waals surface area contributed by atoms with Gasteiger partial charge in [0, 0.05) is 86.0 Å². The molecule has 54 heavy (non-hydrogen) atoms. The number of nitrogens with one attached hydrogen (secondary N) is 4. The topological polar surface area (TPSA) is 162 Å². The molecule has 0 bridgehead atoms. The maximum Gasteiger partial charge on any atom is 0.387 e.